The van der Waals surface area contributed by atoms with Gasteiger partial charge in [-0.25, -0.2) is 4.39 Å². The molecule has 0 aliphatic carbocycles. The molecule has 5 heteroatoms. The molecular formula is C19H20FN3O. The van der Waals surface area contributed by atoms with Crippen molar-refractivity contribution in [3.63, 3.8) is 0 Å². The Bertz CT molecular complexity index is 763. The fourth-order valence-electron chi connectivity index (χ4n) is 3.26. The third-order valence-corrected chi connectivity index (χ3v) is 4.18. The van der Waals surface area contributed by atoms with Crippen molar-refractivity contribution in [1.82, 2.24) is 4.98 Å². The Kier molecular flexibility index (Phi) is 4.66. The van der Waals surface area contributed by atoms with Crippen molar-refractivity contribution in [1.29, 1.82) is 5.26 Å². The van der Waals surface area contributed by atoms with Crippen LogP contribution >= 0.6 is 0 Å². The van der Waals surface area contributed by atoms with Gasteiger partial charge in [-0.05, 0) is 42.0 Å². The standard InChI is InChI=1S/C19H20FN3O/c1-13-9-14(2)12-23(11-13)19-17(10-21)22-18(24-19)8-5-15-3-6-16(20)7-4-15/h3-8,13-14H,9,11-12H2,1-2H3/b8-5+/t13-,14-/m0/s1. The summed E-state index contributed by atoms with van der Waals surface area (Å²) in [6, 6.07) is 8.27. The van der Waals surface area contributed by atoms with Gasteiger partial charge < -0.3 is 9.32 Å². The Morgan fingerprint density at radius 2 is 1.88 bits per heavy atom. The van der Waals surface area contributed by atoms with Gasteiger partial charge in [0, 0.05) is 19.2 Å². The van der Waals surface area contributed by atoms with Crippen molar-refractivity contribution in [2.45, 2.75) is 20.3 Å². The number of nitriles is 1. The Hall–Kier alpha value is -2.61. The van der Waals surface area contributed by atoms with E-state index in [1.54, 1.807) is 24.3 Å². The number of rotatable bonds is 3. The molecule has 124 valence electrons. The van der Waals surface area contributed by atoms with E-state index in [-0.39, 0.29) is 5.82 Å². The fourth-order valence-corrected chi connectivity index (χ4v) is 3.26. The quantitative estimate of drug-likeness (QED) is 0.842. The molecule has 0 unspecified atom stereocenters. The van der Waals surface area contributed by atoms with E-state index >= 15 is 0 Å². The van der Waals surface area contributed by atoms with E-state index in [2.05, 4.69) is 29.8 Å². The van der Waals surface area contributed by atoms with Crippen LogP contribution in [-0.2, 0) is 0 Å². The van der Waals surface area contributed by atoms with Crippen molar-refractivity contribution in [3.05, 3.63) is 47.2 Å². The zero-order valence-corrected chi connectivity index (χ0v) is 13.9. The zero-order valence-electron chi connectivity index (χ0n) is 13.9. The lowest BCUT2D eigenvalue weighted by Gasteiger charge is -2.34. The highest BCUT2D eigenvalue weighted by molar-refractivity contribution is 5.67. The van der Waals surface area contributed by atoms with Crippen LogP contribution in [0.2, 0.25) is 0 Å². The summed E-state index contributed by atoms with van der Waals surface area (Å²) in [7, 11) is 0. The van der Waals surface area contributed by atoms with Gasteiger partial charge in [-0.3, -0.25) is 0 Å². The molecule has 2 aromatic rings. The highest BCUT2D eigenvalue weighted by Gasteiger charge is 2.27. The maximum absolute atomic E-state index is 12.9. The first-order valence-electron chi connectivity index (χ1n) is 8.14. The Balaban J connectivity index is 1.82. The van der Waals surface area contributed by atoms with E-state index in [9.17, 15) is 9.65 Å². The molecule has 24 heavy (non-hydrogen) atoms. The molecule has 3 rings (SSSR count). The number of aromatic nitrogens is 1. The SMILES string of the molecule is C[C@H]1C[C@H](C)CN(c2oc(/C=C/c3ccc(F)cc3)nc2C#N)C1. The third kappa shape index (κ3) is 3.65. The van der Waals surface area contributed by atoms with Crippen LogP contribution in [0.1, 0.15) is 37.4 Å². The van der Waals surface area contributed by atoms with Crippen LogP contribution in [0.4, 0.5) is 10.3 Å². The fraction of sp³-hybridized carbons (Fsp3) is 0.368. The molecule has 1 aromatic carbocycles. The predicted octanol–water partition coefficient (Wildman–Crippen LogP) is 4.34. The molecule has 0 saturated carbocycles. The summed E-state index contributed by atoms with van der Waals surface area (Å²) in [5, 5.41) is 9.35. The molecule has 2 heterocycles. The normalized spacial score (nSPS) is 21.2. The Morgan fingerprint density at radius 3 is 2.50 bits per heavy atom. The molecule has 1 saturated heterocycles. The summed E-state index contributed by atoms with van der Waals surface area (Å²) in [4.78, 5) is 6.37. The van der Waals surface area contributed by atoms with Gasteiger partial charge in [0.05, 0.1) is 0 Å². The first-order chi connectivity index (χ1) is 11.5. The van der Waals surface area contributed by atoms with Crippen molar-refractivity contribution in [2.24, 2.45) is 11.8 Å². The highest BCUT2D eigenvalue weighted by Crippen LogP contribution is 2.29. The van der Waals surface area contributed by atoms with Gasteiger partial charge in [0.1, 0.15) is 11.9 Å². The first kappa shape index (κ1) is 16.3. The van der Waals surface area contributed by atoms with E-state index in [0.717, 1.165) is 18.7 Å². The van der Waals surface area contributed by atoms with E-state index in [1.807, 2.05) is 0 Å². The van der Waals surface area contributed by atoms with E-state index in [0.29, 0.717) is 29.3 Å². The van der Waals surface area contributed by atoms with Crippen LogP contribution in [0.15, 0.2) is 28.7 Å². The molecule has 0 N–H and O–H groups in total. The minimum absolute atomic E-state index is 0.273. The maximum Gasteiger partial charge on any atom is 0.235 e. The van der Waals surface area contributed by atoms with Crippen LogP contribution in [0.5, 0.6) is 0 Å². The van der Waals surface area contributed by atoms with Crippen LogP contribution in [0.25, 0.3) is 12.2 Å². The zero-order chi connectivity index (χ0) is 17.1. The second-order valence-corrected chi connectivity index (χ2v) is 6.55. The lowest BCUT2D eigenvalue weighted by Crippen LogP contribution is -2.38. The second-order valence-electron chi connectivity index (χ2n) is 6.55. The van der Waals surface area contributed by atoms with E-state index in [4.69, 9.17) is 4.42 Å². The monoisotopic (exact) mass is 325 g/mol. The molecule has 4 nitrogen and oxygen atoms in total. The summed E-state index contributed by atoms with van der Waals surface area (Å²) in [5.74, 6) is 1.78. The van der Waals surface area contributed by atoms with Crippen molar-refractivity contribution >= 4 is 18.0 Å². The molecule has 0 amide bonds. The van der Waals surface area contributed by atoms with Crippen molar-refractivity contribution < 1.29 is 8.81 Å². The van der Waals surface area contributed by atoms with Crippen LogP contribution < -0.4 is 4.90 Å². The van der Waals surface area contributed by atoms with Gasteiger partial charge in [-0.2, -0.15) is 10.2 Å². The molecular weight excluding hydrogens is 305 g/mol. The summed E-state index contributed by atoms with van der Waals surface area (Å²) in [6.45, 7) is 6.16. The summed E-state index contributed by atoms with van der Waals surface area (Å²) in [6.07, 6.45) is 4.68. The third-order valence-electron chi connectivity index (χ3n) is 4.18. The van der Waals surface area contributed by atoms with Crippen LogP contribution in [0, 0.1) is 29.0 Å². The minimum atomic E-state index is -0.273. The largest absolute Gasteiger partial charge is 0.420 e. The molecule has 1 aliphatic heterocycles. The first-order valence-corrected chi connectivity index (χ1v) is 8.14. The van der Waals surface area contributed by atoms with Gasteiger partial charge in [0.2, 0.25) is 17.5 Å². The summed E-state index contributed by atoms with van der Waals surface area (Å²) < 4.78 is 18.7. The predicted molar refractivity (Wildman–Crippen MR) is 91.7 cm³/mol. The highest BCUT2D eigenvalue weighted by atomic mass is 19.1. The van der Waals surface area contributed by atoms with E-state index < -0.39 is 0 Å². The second kappa shape index (κ2) is 6.88. The lowest BCUT2D eigenvalue weighted by atomic mass is 9.92. The average Bonchev–Trinajstić information content (AvgIpc) is 2.97. The molecule has 1 fully saturated rings. The molecule has 2 atom stereocenters. The molecule has 0 radical (unpaired) electrons. The van der Waals surface area contributed by atoms with Crippen molar-refractivity contribution in [3.8, 4) is 6.07 Å². The van der Waals surface area contributed by atoms with Crippen LogP contribution in [0.3, 0.4) is 0 Å². The van der Waals surface area contributed by atoms with Crippen molar-refractivity contribution in [2.75, 3.05) is 18.0 Å². The molecule has 0 bridgehead atoms. The number of hydrogen-bond acceptors (Lipinski definition) is 4. The van der Waals surface area contributed by atoms with E-state index in [1.165, 1.54) is 18.6 Å². The van der Waals surface area contributed by atoms with Gasteiger partial charge >= 0.3 is 0 Å². The molecule has 0 spiro atoms. The number of oxazole rings is 1. The van der Waals surface area contributed by atoms with Gasteiger partial charge in [-0.15, -0.1) is 0 Å². The van der Waals surface area contributed by atoms with Gasteiger partial charge in [-0.1, -0.05) is 26.0 Å². The number of benzene rings is 1. The number of hydrogen-bond donors (Lipinski definition) is 0. The van der Waals surface area contributed by atoms with Crippen LogP contribution in [-0.4, -0.2) is 18.1 Å². The summed E-state index contributed by atoms with van der Waals surface area (Å²) >= 11 is 0. The lowest BCUT2D eigenvalue weighted by molar-refractivity contribution is 0.342. The average molecular weight is 325 g/mol. The van der Waals surface area contributed by atoms with Gasteiger partial charge in [0.15, 0.2) is 0 Å². The molecule has 1 aliphatic rings. The number of nitrogens with zero attached hydrogens (tertiary/aromatic N) is 3. The smallest absolute Gasteiger partial charge is 0.235 e. The Morgan fingerprint density at radius 1 is 1.21 bits per heavy atom. The number of anilines is 1. The Labute approximate surface area is 141 Å². The maximum atomic E-state index is 12.9. The molecule has 1 aromatic heterocycles. The minimum Gasteiger partial charge on any atom is -0.420 e. The number of halogens is 1. The number of piperidine rings is 1. The topological polar surface area (TPSA) is 53.1 Å². The van der Waals surface area contributed by atoms with Gasteiger partial charge in [0.25, 0.3) is 0 Å². The summed E-state index contributed by atoms with van der Waals surface area (Å²) in [5.41, 5.74) is 1.16.